The lowest BCUT2D eigenvalue weighted by Gasteiger charge is -2.10. The summed E-state index contributed by atoms with van der Waals surface area (Å²) in [5.74, 6) is 0.698. The molecule has 0 bridgehead atoms. The average molecular weight is 289 g/mol. The van der Waals surface area contributed by atoms with Gasteiger partial charge in [-0.3, -0.25) is 4.79 Å². The zero-order chi connectivity index (χ0) is 14.5. The Morgan fingerprint density at radius 2 is 1.95 bits per heavy atom. The van der Waals surface area contributed by atoms with Gasteiger partial charge in [0.1, 0.15) is 5.75 Å². The molecule has 0 saturated carbocycles. The Morgan fingerprint density at radius 3 is 2.55 bits per heavy atom. The number of hydrogen-bond acceptors (Lipinski definition) is 4. The van der Waals surface area contributed by atoms with Gasteiger partial charge in [0.15, 0.2) is 12.0 Å². The van der Waals surface area contributed by atoms with Gasteiger partial charge in [0.2, 0.25) is 0 Å². The largest absolute Gasteiger partial charge is 0.618 e. The number of nitrogens with zero attached hydrogens (tertiary/aromatic N) is 1. The number of carbonyl (C=O) groups excluding carboxylic acids is 1. The Bertz CT molecular complexity index is 598. The molecule has 0 fully saturated rings. The van der Waals surface area contributed by atoms with Gasteiger partial charge in [-0.05, 0) is 49.0 Å². The Kier molecular flexibility index (Phi) is 4.63. The van der Waals surface area contributed by atoms with Crippen molar-refractivity contribution in [2.24, 2.45) is 0 Å². The lowest BCUT2D eigenvalue weighted by atomic mass is 10.1. The van der Waals surface area contributed by atoms with Gasteiger partial charge >= 0.3 is 0 Å². The fourth-order valence-electron chi connectivity index (χ4n) is 1.73. The molecule has 0 aliphatic heterocycles. The number of ketones is 1. The van der Waals surface area contributed by atoms with Crippen LogP contribution in [0.3, 0.4) is 0 Å². The minimum absolute atomic E-state index is 0.0125. The van der Waals surface area contributed by atoms with Gasteiger partial charge in [-0.15, -0.1) is 0 Å². The van der Waals surface area contributed by atoms with Gasteiger partial charge in [0, 0.05) is 17.7 Å². The van der Waals surface area contributed by atoms with Crippen LogP contribution < -0.4 is 9.47 Å². The van der Waals surface area contributed by atoms with Crippen molar-refractivity contribution in [2.75, 3.05) is 7.11 Å². The summed E-state index contributed by atoms with van der Waals surface area (Å²) in [6.45, 7) is 1.80. The number of aromatic nitrogens is 1. The van der Waals surface area contributed by atoms with Crippen LogP contribution in [0.5, 0.6) is 5.75 Å². The number of pyridine rings is 1. The maximum atomic E-state index is 12.3. The van der Waals surface area contributed by atoms with E-state index in [1.54, 1.807) is 56.5 Å². The molecule has 20 heavy (non-hydrogen) atoms. The first kappa shape index (κ1) is 14.4. The molecule has 1 aromatic carbocycles. The number of Topliss-reactive ketones (excluding diaryl/α,β-unsaturated/α-hetero) is 1. The third-order valence-electron chi connectivity index (χ3n) is 2.83. The van der Waals surface area contributed by atoms with Crippen LogP contribution in [0.25, 0.3) is 0 Å². The van der Waals surface area contributed by atoms with Crippen LogP contribution in [0, 0.1) is 5.21 Å². The lowest BCUT2D eigenvalue weighted by Crippen LogP contribution is -2.29. The minimum atomic E-state index is -0.328. The van der Waals surface area contributed by atoms with E-state index in [2.05, 4.69) is 0 Å². The summed E-state index contributed by atoms with van der Waals surface area (Å²) < 4.78 is 5.83. The van der Waals surface area contributed by atoms with E-state index >= 15 is 0 Å². The van der Waals surface area contributed by atoms with Gasteiger partial charge in [0.25, 0.3) is 5.03 Å². The number of methoxy groups -OCH3 is 1. The molecule has 1 atom stereocenters. The Hall–Kier alpha value is -2.01. The molecule has 1 unspecified atom stereocenters. The van der Waals surface area contributed by atoms with E-state index in [1.807, 2.05) is 0 Å². The molecule has 104 valence electrons. The first-order valence-corrected chi connectivity index (χ1v) is 7.03. The predicted octanol–water partition coefficient (Wildman–Crippen LogP) is 2.69. The van der Waals surface area contributed by atoms with Crippen molar-refractivity contribution < 1.29 is 14.3 Å². The Labute approximate surface area is 122 Å². The van der Waals surface area contributed by atoms with Crippen molar-refractivity contribution in [2.45, 2.75) is 17.2 Å². The van der Waals surface area contributed by atoms with E-state index in [-0.39, 0.29) is 11.0 Å². The monoisotopic (exact) mass is 289 g/mol. The van der Waals surface area contributed by atoms with Crippen LogP contribution >= 0.6 is 11.8 Å². The zero-order valence-electron chi connectivity index (χ0n) is 11.3. The van der Waals surface area contributed by atoms with Crippen molar-refractivity contribution in [1.29, 1.82) is 0 Å². The molecular weight excluding hydrogens is 274 g/mol. The van der Waals surface area contributed by atoms with Gasteiger partial charge in [0.05, 0.1) is 12.4 Å². The smallest absolute Gasteiger partial charge is 0.252 e. The standard InChI is InChI=1S/C15H15NO3S/c1-11(20-14-5-3-4-10-16(14)18)15(17)12-6-8-13(19-2)9-7-12/h3-11H,1-2H3. The predicted molar refractivity (Wildman–Crippen MR) is 78.0 cm³/mol. The molecular formula is C15H15NO3S. The third kappa shape index (κ3) is 3.30. The number of carbonyl (C=O) groups is 1. The van der Waals surface area contributed by atoms with Crippen molar-refractivity contribution >= 4 is 17.5 Å². The second-order valence-corrected chi connectivity index (χ2v) is 5.58. The van der Waals surface area contributed by atoms with E-state index in [4.69, 9.17) is 4.74 Å². The molecule has 0 saturated heterocycles. The van der Waals surface area contributed by atoms with Crippen molar-refractivity contribution in [3.05, 3.63) is 59.4 Å². The molecule has 1 aromatic heterocycles. The van der Waals surface area contributed by atoms with Gasteiger partial charge in [-0.1, -0.05) is 0 Å². The highest BCUT2D eigenvalue weighted by Crippen LogP contribution is 2.23. The van der Waals surface area contributed by atoms with E-state index in [0.29, 0.717) is 16.3 Å². The topological polar surface area (TPSA) is 53.2 Å². The lowest BCUT2D eigenvalue weighted by molar-refractivity contribution is -0.645. The highest BCUT2D eigenvalue weighted by Gasteiger charge is 2.20. The maximum absolute atomic E-state index is 12.3. The van der Waals surface area contributed by atoms with Gasteiger partial charge in [-0.2, -0.15) is 4.73 Å². The van der Waals surface area contributed by atoms with Crippen LogP contribution in [-0.2, 0) is 0 Å². The fourth-order valence-corrected chi connectivity index (χ4v) is 2.66. The summed E-state index contributed by atoms with van der Waals surface area (Å²) >= 11 is 1.25. The Morgan fingerprint density at radius 1 is 1.25 bits per heavy atom. The number of hydrogen-bond donors (Lipinski definition) is 0. The van der Waals surface area contributed by atoms with Crippen molar-refractivity contribution in [3.8, 4) is 5.75 Å². The van der Waals surface area contributed by atoms with Crippen molar-refractivity contribution in [3.63, 3.8) is 0 Å². The normalized spacial score (nSPS) is 11.9. The first-order valence-electron chi connectivity index (χ1n) is 6.15. The minimum Gasteiger partial charge on any atom is -0.618 e. The Balaban J connectivity index is 2.10. The molecule has 0 aliphatic carbocycles. The summed E-state index contributed by atoms with van der Waals surface area (Å²) in [4.78, 5) is 12.3. The average Bonchev–Trinajstić information content (AvgIpc) is 2.49. The molecule has 2 rings (SSSR count). The van der Waals surface area contributed by atoms with Crippen LogP contribution in [0.15, 0.2) is 53.7 Å². The maximum Gasteiger partial charge on any atom is 0.252 e. The summed E-state index contributed by atoms with van der Waals surface area (Å²) in [7, 11) is 1.58. The molecule has 0 amide bonds. The highest BCUT2D eigenvalue weighted by molar-refractivity contribution is 8.00. The SMILES string of the molecule is COc1ccc(C(=O)C(C)Sc2cccc[n+]2[O-])cc1. The summed E-state index contributed by atoms with van der Waals surface area (Å²) in [6, 6.07) is 12.1. The van der Waals surface area contributed by atoms with Crippen molar-refractivity contribution in [1.82, 2.24) is 0 Å². The zero-order valence-corrected chi connectivity index (χ0v) is 12.1. The summed E-state index contributed by atoms with van der Waals surface area (Å²) in [6.07, 6.45) is 1.42. The van der Waals surface area contributed by atoms with E-state index in [9.17, 15) is 10.0 Å². The van der Waals surface area contributed by atoms with Crippen LogP contribution in [-0.4, -0.2) is 18.1 Å². The number of thioether (sulfide) groups is 1. The molecule has 0 radical (unpaired) electrons. The molecule has 0 N–H and O–H groups in total. The quantitative estimate of drug-likeness (QED) is 0.367. The van der Waals surface area contributed by atoms with Crippen LogP contribution in [0.4, 0.5) is 0 Å². The van der Waals surface area contributed by atoms with Crippen LogP contribution in [0.1, 0.15) is 17.3 Å². The third-order valence-corrected chi connectivity index (χ3v) is 3.96. The first-order chi connectivity index (χ1) is 9.61. The van der Waals surface area contributed by atoms with Gasteiger partial charge < -0.3 is 9.94 Å². The van der Waals surface area contributed by atoms with E-state index < -0.39 is 0 Å². The molecule has 5 heteroatoms. The molecule has 1 heterocycles. The van der Waals surface area contributed by atoms with Gasteiger partial charge in [-0.25, -0.2) is 0 Å². The highest BCUT2D eigenvalue weighted by atomic mass is 32.2. The second-order valence-electron chi connectivity index (χ2n) is 4.22. The number of rotatable bonds is 5. The molecule has 0 aliphatic rings. The molecule has 0 spiro atoms. The fraction of sp³-hybridized carbons (Fsp3) is 0.200. The summed E-state index contributed by atoms with van der Waals surface area (Å²) in [5, 5.41) is 11.8. The number of benzene rings is 1. The summed E-state index contributed by atoms with van der Waals surface area (Å²) in [5.41, 5.74) is 0.610. The second kappa shape index (κ2) is 6.43. The van der Waals surface area contributed by atoms with Crippen LogP contribution in [0.2, 0.25) is 0 Å². The molecule has 2 aromatic rings. The molecule has 4 nitrogen and oxygen atoms in total. The number of ether oxygens (including phenoxy) is 1. The van der Waals surface area contributed by atoms with E-state index in [1.165, 1.54) is 18.0 Å². The van der Waals surface area contributed by atoms with E-state index in [0.717, 1.165) is 4.73 Å².